The van der Waals surface area contributed by atoms with Crippen LogP contribution in [-0.2, 0) is 20.9 Å². The van der Waals surface area contributed by atoms with Gasteiger partial charge in [0.25, 0.3) is 5.91 Å². The largest absolute Gasteiger partial charge is 0.502 e. The summed E-state index contributed by atoms with van der Waals surface area (Å²) < 4.78 is 18.1. The van der Waals surface area contributed by atoms with Crippen LogP contribution >= 0.6 is 0 Å². The number of hydrogen-bond acceptors (Lipinski definition) is 4. The number of ether oxygens (including phenoxy) is 1. The van der Waals surface area contributed by atoms with Gasteiger partial charge in [0, 0.05) is 19.0 Å². The fourth-order valence-corrected chi connectivity index (χ4v) is 2.19. The standard InChI is InChI=1S/C17H16FNO4/c1-19(16(21)9-15(20)17(22)23-2)10-11-7-8-14(18)13-6-4-3-5-12(11)13/h3-9,20H,10H2,1-2H3. The Kier molecular flexibility index (Phi) is 4.95. The minimum absolute atomic E-state index is 0.199. The van der Waals surface area contributed by atoms with E-state index in [-0.39, 0.29) is 12.4 Å². The van der Waals surface area contributed by atoms with Gasteiger partial charge in [0.1, 0.15) is 5.82 Å². The average Bonchev–Trinajstić information content (AvgIpc) is 2.56. The fraction of sp³-hybridized carbons (Fsp3) is 0.176. The molecule has 0 saturated carbocycles. The molecule has 0 saturated heterocycles. The van der Waals surface area contributed by atoms with Crippen molar-refractivity contribution in [1.29, 1.82) is 0 Å². The van der Waals surface area contributed by atoms with Crippen LogP contribution in [0.4, 0.5) is 4.39 Å². The van der Waals surface area contributed by atoms with Crippen molar-refractivity contribution in [2.45, 2.75) is 6.54 Å². The monoisotopic (exact) mass is 317 g/mol. The summed E-state index contributed by atoms with van der Waals surface area (Å²) in [4.78, 5) is 24.4. The van der Waals surface area contributed by atoms with Gasteiger partial charge in [0.05, 0.1) is 13.2 Å². The van der Waals surface area contributed by atoms with Crippen LogP contribution in [0, 0.1) is 5.82 Å². The Balaban J connectivity index is 2.24. The van der Waals surface area contributed by atoms with E-state index >= 15 is 0 Å². The summed E-state index contributed by atoms with van der Waals surface area (Å²) in [5.74, 6) is -2.66. The molecule has 0 radical (unpaired) electrons. The molecule has 0 unspecified atom stereocenters. The number of aliphatic hydroxyl groups excluding tert-OH is 1. The van der Waals surface area contributed by atoms with Gasteiger partial charge >= 0.3 is 5.97 Å². The summed E-state index contributed by atoms with van der Waals surface area (Å²) in [6.07, 6.45) is 0.789. The van der Waals surface area contributed by atoms with Crippen molar-refractivity contribution in [3.05, 3.63) is 59.6 Å². The van der Waals surface area contributed by atoms with Crippen molar-refractivity contribution in [3.8, 4) is 0 Å². The van der Waals surface area contributed by atoms with Crippen molar-refractivity contribution >= 4 is 22.6 Å². The average molecular weight is 317 g/mol. The molecule has 0 spiro atoms. The number of methoxy groups -OCH3 is 1. The molecule has 0 bridgehead atoms. The molecule has 0 aliphatic rings. The molecular weight excluding hydrogens is 301 g/mol. The van der Waals surface area contributed by atoms with E-state index in [4.69, 9.17) is 0 Å². The van der Waals surface area contributed by atoms with Crippen LogP contribution in [0.15, 0.2) is 48.2 Å². The van der Waals surface area contributed by atoms with E-state index in [1.54, 1.807) is 30.3 Å². The number of amides is 1. The topological polar surface area (TPSA) is 66.8 Å². The predicted molar refractivity (Wildman–Crippen MR) is 83.1 cm³/mol. The lowest BCUT2D eigenvalue weighted by Gasteiger charge is -2.17. The zero-order valence-electron chi connectivity index (χ0n) is 12.7. The molecule has 120 valence electrons. The van der Waals surface area contributed by atoms with Gasteiger partial charge < -0.3 is 14.7 Å². The molecule has 1 amide bonds. The van der Waals surface area contributed by atoms with Crippen LogP contribution in [0.25, 0.3) is 10.8 Å². The first-order chi connectivity index (χ1) is 10.9. The van der Waals surface area contributed by atoms with E-state index in [1.807, 2.05) is 0 Å². The second-order valence-electron chi connectivity index (χ2n) is 4.97. The lowest BCUT2D eigenvalue weighted by molar-refractivity contribution is -0.139. The number of esters is 1. The van der Waals surface area contributed by atoms with Gasteiger partial charge in [0.15, 0.2) is 0 Å². The number of aliphatic hydroxyl groups is 1. The molecule has 0 fully saturated rings. The van der Waals surface area contributed by atoms with Crippen LogP contribution in [0.5, 0.6) is 0 Å². The Bertz CT molecular complexity index is 785. The van der Waals surface area contributed by atoms with Gasteiger partial charge in [-0.1, -0.05) is 30.3 Å². The smallest absolute Gasteiger partial charge is 0.373 e. The number of halogens is 1. The van der Waals surface area contributed by atoms with Gasteiger partial charge in [-0.05, 0) is 17.0 Å². The van der Waals surface area contributed by atoms with Crippen LogP contribution in [-0.4, -0.2) is 36.0 Å². The quantitative estimate of drug-likeness (QED) is 0.535. The molecule has 0 aromatic heterocycles. The number of likely N-dealkylation sites (N-methyl/N-ethyl adjacent to an activating group) is 1. The van der Waals surface area contributed by atoms with Crippen molar-refractivity contribution in [2.75, 3.05) is 14.2 Å². The Hall–Kier alpha value is -2.89. The van der Waals surface area contributed by atoms with E-state index in [2.05, 4.69) is 4.74 Å². The Morgan fingerprint density at radius 2 is 1.87 bits per heavy atom. The van der Waals surface area contributed by atoms with Gasteiger partial charge in [-0.25, -0.2) is 9.18 Å². The summed E-state index contributed by atoms with van der Waals surface area (Å²) in [7, 11) is 2.62. The number of carbonyl (C=O) groups excluding carboxylic acids is 2. The molecule has 2 aromatic rings. The predicted octanol–water partition coefficient (Wildman–Crippen LogP) is 2.55. The van der Waals surface area contributed by atoms with Gasteiger partial charge in [-0.15, -0.1) is 0 Å². The first kappa shape index (κ1) is 16.5. The van der Waals surface area contributed by atoms with Gasteiger partial charge in [0.2, 0.25) is 5.76 Å². The maximum Gasteiger partial charge on any atom is 0.373 e. The highest BCUT2D eigenvalue weighted by Gasteiger charge is 2.14. The first-order valence-electron chi connectivity index (χ1n) is 6.84. The maximum atomic E-state index is 13.8. The van der Waals surface area contributed by atoms with Crippen molar-refractivity contribution in [3.63, 3.8) is 0 Å². The normalized spacial score (nSPS) is 11.3. The minimum Gasteiger partial charge on any atom is -0.502 e. The molecule has 23 heavy (non-hydrogen) atoms. The van der Waals surface area contributed by atoms with Crippen LogP contribution in [0.2, 0.25) is 0 Å². The highest BCUT2D eigenvalue weighted by atomic mass is 19.1. The number of fused-ring (bicyclic) bond motifs is 1. The minimum atomic E-state index is -0.987. The molecule has 0 aliphatic carbocycles. The molecule has 0 heterocycles. The van der Waals surface area contributed by atoms with E-state index < -0.39 is 17.6 Å². The van der Waals surface area contributed by atoms with E-state index in [1.165, 1.54) is 18.0 Å². The summed E-state index contributed by atoms with van der Waals surface area (Å²) >= 11 is 0. The highest BCUT2D eigenvalue weighted by Crippen LogP contribution is 2.22. The number of hydrogen-bond donors (Lipinski definition) is 1. The Morgan fingerprint density at radius 3 is 2.52 bits per heavy atom. The zero-order chi connectivity index (χ0) is 17.0. The molecule has 2 aromatic carbocycles. The lowest BCUT2D eigenvalue weighted by Crippen LogP contribution is -2.25. The van der Waals surface area contributed by atoms with Crippen molar-refractivity contribution in [1.82, 2.24) is 4.90 Å². The summed E-state index contributed by atoms with van der Waals surface area (Å²) in [5, 5.41) is 10.6. The highest BCUT2D eigenvalue weighted by molar-refractivity contribution is 5.96. The van der Waals surface area contributed by atoms with Crippen LogP contribution in [0.1, 0.15) is 5.56 Å². The zero-order valence-corrected chi connectivity index (χ0v) is 12.7. The van der Waals surface area contributed by atoms with E-state index in [9.17, 15) is 19.1 Å². The molecule has 0 atom stereocenters. The summed E-state index contributed by atoms with van der Waals surface area (Å²) in [6.45, 7) is 0.199. The Morgan fingerprint density at radius 1 is 1.22 bits per heavy atom. The summed E-state index contributed by atoms with van der Waals surface area (Å²) in [6, 6.07) is 9.91. The fourth-order valence-electron chi connectivity index (χ4n) is 2.19. The number of rotatable bonds is 4. The number of carbonyl (C=O) groups is 2. The van der Waals surface area contributed by atoms with Crippen LogP contribution in [0.3, 0.4) is 0 Å². The van der Waals surface area contributed by atoms with Crippen molar-refractivity contribution < 1.29 is 23.8 Å². The SMILES string of the molecule is COC(=O)C(O)=CC(=O)N(C)Cc1ccc(F)c2ccccc12. The molecule has 1 N–H and O–H groups in total. The third-order valence-corrected chi connectivity index (χ3v) is 3.40. The van der Waals surface area contributed by atoms with Gasteiger partial charge in [-0.3, -0.25) is 4.79 Å². The van der Waals surface area contributed by atoms with E-state index in [0.717, 1.165) is 18.7 Å². The maximum absolute atomic E-state index is 13.8. The van der Waals surface area contributed by atoms with Crippen LogP contribution < -0.4 is 0 Å². The molecule has 5 nitrogen and oxygen atoms in total. The first-order valence-corrected chi connectivity index (χ1v) is 6.84. The number of benzene rings is 2. The lowest BCUT2D eigenvalue weighted by atomic mass is 10.0. The second-order valence-corrected chi connectivity index (χ2v) is 4.97. The molecule has 0 aliphatic heterocycles. The van der Waals surface area contributed by atoms with Gasteiger partial charge in [-0.2, -0.15) is 0 Å². The van der Waals surface area contributed by atoms with E-state index in [0.29, 0.717) is 10.8 Å². The van der Waals surface area contributed by atoms with Crippen molar-refractivity contribution in [2.24, 2.45) is 0 Å². The Labute approximate surface area is 132 Å². The second kappa shape index (κ2) is 6.91. The third-order valence-electron chi connectivity index (χ3n) is 3.40. The molecule has 2 rings (SSSR count). The third kappa shape index (κ3) is 3.66. The molecular formula is C17H16FNO4. The molecule has 6 heteroatoms. The summed E-state index contributed by atoms with van der Waals surface area (Å²) in [5.41, 5.74) is 0.754. The number of nitrogens with zero attached hydrogens (tertiary/aromatic N) is 1.